The second-order valence-electron chi connectivity index (χ2n) is 9.86. The molecule has 11 heteroatoms. The van der Waals surface area contributed by atoms with Crippen molar-refractivity contribution < 1.29 is 32.7 Å². The van der Waals surface area contributed by atoms with Crippen LogP contribution in [0.1, 0.15) is 48.8 Å². The van der Waals surface area contributed by atoms with E-state index in [1.54, 1.807) is 24.3 Å². The van der Waals surface area contributed by atoms with E-state index in [0.29, 0.717) is 16.8 Å². The summed E-state index contributed by atoms with van der Waals surface area (Å²) in [5.41, 5.74) is 7.69. The van der Waals surface area contributed by atoms with Gasteiger partial charge < -0.3 is 21.1 Å². The first kappa shape index (κ1) is 27.2. The van der Waals surface area contributed by atoms with E-state index in [1.807, 2.05) is 19.1 Å². The largest absolute Gasteiger partial charge is 0.506 e. The molecule has 2 aliphatic rings. The second-order valence-corrected chi connectivity index (χ2v) is 9.86. The van der Waals surface area contributed by atoms with Crippen LogP contribution in [0.3, 0.4) is 0 Å². The molecule has 1 aliphatic heterocycles. The topological polar surface area (TPSA) is 125 Å². The highest BCUT2D eigenvalue weighted by Crippen LogP contribution is 2.36. The maximum absolute atomic E-state index is 13.7. The number of fused-ring (bicyclic) bond motifs is 1. The van der Waals surface area contributed by atoms with Crippen LogP contribution < -0.4 is 11.1 Å². The van der Waals surface area contributed by atoms with Gasteiger partial charge in [-0.15, -0.1) is 0 Å². The monoisotopic (exact) mass is 530 g/mol. The Bertz CT molecular complexity index is 1270. The number of phenols is 1. The quantitative estimate of drug-likeness (QED) is 0.426. The summed E-state index contributed by atoms with van der Waals surface area (Å²) < 4.78 is 39.1. The first-order valence-electron chi connectivity index (χ1n) is 12.4. The molecule has 2 aromatic carbocycles. The molecule has 1 unspecified atom stereocenters. The lowest BCUT2D eigenvalue weighted by atomic mass is 9.96. The number of alkyl halides is 3. The number of anilines is 1. The molecule has 202 valence electrons. The minimum absolute atomic E-state index is 0.0558. The number of hydrogen-bond acceptors (Lipinski definition) is 5. The second kappa shape index (κ2) is 10.8. The van der Waals surface area contributed by atoms with Crippen molar-refractivity contribution in [1.29, 1.82) is 0 Å². The molecule has 0 bridgehead atoms. The van der Waals surface area contributed by atoms with E-state index in [1.165, 1.54) is 6.07 Å². The van der Waals surface area contributed by atoms with Crippen LogP contribution in [0.5, 0.6) is 5.75 Å². The van der Waals surface area contributed by atoms with Crippen molar-refractivity contribution in [3.63, 3.8) is 0 Å². The number of aryl methyl sites for hydroxylation is 1. The van der Waals surface area contributed by atoms with E-state index < -0.39 is 55.2 Å². The maximum Gasteiger partial charge on any atom is 0.389 e. The molecule has 2 atom stereocenters. The molecule has 4 rings (SSSR count). The molecule has 3 amide bonds. The summed E-state index contributed by atoms with van der Waals surface area (Å²) in [4.78, 5) is 44.7. The number of benzodiazepines with no additional fused rings is 1. The number of phenolic OH excluding ortho intramolecular Hbond substituents is 1. The lowest BCUT2D eigenvalue weighted by molar-refractivity contribution is -0.150. The minimum atomic E-state index is -4.53. The number of aromatic hydroxyl groups is 1. The lowest BCUT2D eigenvalue weighted by Crippen LogP contribution is -2.50. The Kier molecular flexibility index (Phi) is 7.75. The number of para-hydroxylation sites is 1. The molecular weight excluding hydrogens is 501 g/mol. The van der Waals surface area contributed by atoms with Gasteiger partial charge >= 0.3 is 6.18 Å². The number of nitrogens with zero attached hydrogens (tertiary/aromatic N) is 2. The van der Waals surface area contributed by atoms with Gasteiger partial charge in [0.15, 0.2) is 0 Å². The maximum atomic E-state index is 13.7. The van der Waals surface area contributed by atoms with E-state index in [-0.39, 0.29) is 23.9 Å². The highest BCUT2D eigenvalue weighted by atomic mass is 19.4. The molecule has 1 saturated carbocycles. The number of nitrogens with two attached hydrogens (primary N) is 1. The van der Waals surface area contributed by atoms with Gasteiger partial charge in [0.2, 0.25) is 18.0 Å². The summed E-state index contributed by atoms with van der Waals surface area (Å²) >= 11 is 0. The SMILES string of the molecule is Cc1cccc(C2=N[C@@H](N(CC3CC3)C(=O)C(CCC(F)(F)F)CC(N)=O)C(=O)Nc3c(O)cccc32)c1. The number of carbonyl (C=O) groups excluding carboxylic acids is 3. The van der Waals surface area contributed by atoms with Gasteiger partial charge in [0.1, 0.15) is 5.75 Å². The van der Waals surface area contributed by atoms with Gasteiger partial charge in [0.05, 0.1) is 11.4 Å². The Morgan fingerprint density at radius 2 is 1.92 bits per heavy atom. The number of aliphatic imine (C=N–C) groups is 1. The molecule has 4 N–H and O–H groups in total. The molecule has 1 heterocycles. The van der Waals surface area contributed by atoms with Crippen LogP contribution in [0.25, 0.3) is 0 Å². The van der Waals surface area contributed by atoms with Crippen molar-refractivity contribution >= 4 is 29.1 Å². The van der Waals surface area contributed by atoms with Crippen LogP contribution in [-0.2, 0) is 14.4 Å². The van der Waals surface area contributed by atoms with E-state index in [0.717, 1.165) is 23.3 Å². The molecule has 0 radical (unpaired) electrons. The molecule has 38 heavy (non-hydrogen) atoms. The Morgan fingerprint density at radius 1 is 1.21 bits per heavy atom. The standard InChI is InChI=1S/C27H29F3N4O4/c1-15-4-2-5-17(12-15)22-19-6-3-7-20(35)23(19)33-25(37)24(32-22)34(14-16-8-9-16)26(38)18(13-21(31)36)10-11-27(28,29)30/h2-7,12,16,18,24,35H,8-11,13-14H2,1H3,(H2,31,36)(H,33,37)/t18?,24-/m0/s1. The van der Waals surface area contributed by atoms with Gasteiger partial charge in [-0.25, -0.2) is 4.99 Å². The Balaban J connectivity index is 1.79. The zero-order chi connectivity index (χ0) is 27.6. The molecular formula is C27H29F3N4O4. The Labute approximate surface area is 217 Å². The van der Waals surface area contributed by atoms with E-state index in [9.17, 15) is 32.7 Å². The fourth-order valence-corrected chi connectivity index (χ4v) is 4.56. The fourth-order valence-electron chi connectivity index (χ4n) is 4.56. The fraction of sp³-hybridized carbons (Fsp3) is 0.407. The zero-order valence-electron chi connectivity index (χ0n) is 20.8. The normalized spacial score (nSPS) is 18.1. The summed E-state index contributed by atoms with van der Waals surface area (Å²) in [7, 11) is 0. The number of carbonyl (C=O) groups is 3. The third-order valence-corrected chi connectivity index (χ3v) is 6.63. The van der Waals surface area contributed by atoms with Crippen molar-refractivity contribution in [1.82, 2.24) is 4.90 Å². The van der Waals surface area contributed by atoms with Gasteiger partial charge in [-0.05, 0) is 44.2 Å². The number of primary amides is 1. The Morgan fingerprint density at radius 3 is 2.55 bits per heavy atom. The molecule has 0 spiro atoms. The summed E-state index contributed by atoms with van der Waals surface area (Å²) in [6.07, 6.45) is -6.90. The van der Waals surface area contributed by atoms with Crippen LogP contribution in [0, 0.1) is 18.8 Å². The lowest BCUT2D eigenvalue weighted by Gasteiger charge is -2.31. The van der Waals surface area contributed by atoms with Gasteiger partial charge in [0, 0.05) is 36.4 Å². The van der Waals surface area contributed by atoms with E-state index >= 15 is 0 Å². The molecule has 1 aliphatic carbocycles. The number of nitrogens with one attached hydrogen (secondary N) is 1. The van der Waals surface area contributed by atoms with Crippen LogP contribution in [0.15, 0.2) is 47.5 Å². The smallest absolute Gasteiger partial charge is 0.389 e. The summed E-state index contributed by atoms with van der Waals surface area (Å²) in [6, 6.07) is 12.0. The first-order chi connectivity index (χ1) is 17.9. The molecule has 0 saturated heterocycles. The predicted octanol–water partition coefficient (Wildman–Crippen LogP) is 3.89. The van der Waals surface area contributed by atoms with Crippen LogP contribution in [0.4, 0.5) is 18.9 Å². The van der Waals surface area contributed by atoms with Gasteiger partial charge in [-0.2, -0.15) is 13.2 Å². The highest BCUT2D eigenvalue weighted by Gasteiger charge is 2.41. The van der Waals surface area contributed by atoms with Crippen molar-refractivity contribution in [3.05, 3.63) is 59.2 Å². The van der Waals surface area contributed by atoms with E-state index in [4.69, 9.17) is 5.73 Å². The van der Waals surface area contributed by atoms with Gasteiger partial charge in [0.25, 0.3) is 5.91 Å². The van der Waals surface area contributed by atoms with Crippen LogP contribution in [-0.4, -0.2) is 52.3 Å². The average molecular weight is 531 g/mol. The Hall–Kier alpha value is -3.89. The highest BCUT2D eigenvalue weighted by molar-refractivity contribution is 6.20. The van der Waals surface area contributed by atoms with Gasteiger partial charge in [-0.1, -0.05) is 35.9 Å². The van der Waals surface area contributed by atoms with Crippen molar-refractivity contribution in [3.8, 4) is 5.75 Å². The number of benzene rings is 2. The van der Waals surface area contributed by atoms with Crippen LogP contribution in [0.2, 0.25) is 0 Å². The molecule has 1 fully saturated rings. The van der Waals surface area contributed by atoms with Crippen molar-refractivity contribution in [2.45, 2.75) is 51.4 Å². The third-order valence-electron chi connectivity index (χ3n) is 6.63. The number of rotatable bonds is 9. The number of hydrogen-bond donors (Lipinski definition) is 3. The number of halogens is 3. The van der Waals surface area contributed by atoms with Crippen LogP contribution >= 0.6 is 0 Å². The minimum Gasteiger partial charge on any atom is -0.506 e. The molecule has 0 aromatic heterocycles. The van der Waals surface area contributed by atoms with Crippen molar-refractivity contribution in [2.75, 3.05) is 11.9 Å². The summed E-state index contributed by atoms with van der Waals surface area (Å²) in [5, 5.41) is 13.2. The third kappa shape index (κ3) is 6.51. The number of amides is 3. The summed E-state index contributed by atoms with van der Waals surface area (Å²) in [6.45, 7) is 1.97. The first-order valence-corrected chi connectivity index (χ1v) is 12.4. The predicted molar refractivity (Wildman–Crippen MR) is 134 cm³/mol. The molecule has 2 aromatic rings. The van der Waals surface area contributed by atoms with E-state index in [2.05, 4.69) is 10.3 Å². The van der Waals surface area contributed by atoms with Gasteiger partial charge in [-0.3, -0.25) is 14.4 Å². The average Bonchev–Trinajstić information content (AvgIpc) is 3.66. The zero-order valence-corrected chi connectivity index (χ0v) is 20.8. The van der Waals surface area contributed by atoms with Crippen molar-refractivity contribution in [2.24, 2.45) is 22.6 Å². The molecule has 8 nitrogen and oxygen atoms in total. The summed E-state index contributed by atoms with van der Waals surface area (Å²) in [5.74, 6) is -3.93.